The van der Waals surface area contributed by atoms with Gasteiger partial charge in [-0.1, -0.05) is 55.4 Å². The minimum atomic E-state index is -2.72. The summed E-state index contributed by atoms with van der Waals surface area (Å²) in [5, 5.41) is 0. The molecule has 0 aromatic carbocycles. The van der Waals surface area contributed by atoms with Gasteiger partial charge >= 0.3 is 22.8 Å². The molecule has 0 spiro atoms. The second-order valence-electron chi connectivity index (χ2n) is 10.5. The van der Waals surface area contributed by atoms with Crippen molar-refractivity contribution >= 4 is 17.1 Å². The molecule has 8 nitrogen and oxygen atoms in total. The van der Waals surface area contributed by atoms with Crippen LogP contribution in [0.15, 0.2) is 15.8 Å². The minimum absolute atomic E-state index is 0.228. The number of ether oxygens (including phenoxy) is 1. The molecule has 10 heteroatoms. The van der Waals surface area contributed by atoms with Crippen molar-refractivity contribution in [3.05, 3.63) is 32.6 Å². The van der Waals surface area contributed by atoms with Crippen LogP contribution in [0.5, 0.6) is 0 Å². The summed E-state index contributed by atoms with van der Waals surface area (Å²) >= 11 is 0. The van der Waals surface area contributed by atoms with Gasteiger partial charge in [-0.15, -0.1) is 0 Å². The number of nitrogens with zero attached hydrogens (tertiary/aromatic N) is 1. The molecule has 1 N–H and O–H groups in total. The average molecular weight is 485 g/mol. The lowest BCUT2D eigenvalue weighted by atomic mass is 10.2. The summed E-state index contributed by atoms with van der Waals surface area (Å²) in [4.78, 5) is 26.7. The maximum Gasteiger partial charge on any atom is 0.335 e. The summed E-state index contributed by atoms with van der Waals surface area (Å²) in [5.41, 5.74) is 0.595. The van der Waals surface area contributed by atoms with Crippen LogP contribution in [0.1, 0.15) is 73.6 Å². The van der Waals surface area contributed by atoms with Gasteiger partial charge in [0.2, 0.25) is 0 Å². The molecule has 2 aliphatic rings. The van der Waals surface area contributed by atoms with Crippen LogP contribution >= 0.6 is 0 Å². The molecule has 0 saturated carbocycles. The van der Waals surface area contributed by atoms with E-state index in [1.54, 1.807) is 13.1 Å². The highest BCUT2D eigenvalue weighted by atomic mass is 28.5. The molecule has 1 aromatic heterocycles. The third-order valence-corrected chi connectivity index (χ3v) is 17.3. The molecular formula is C22H40N2O6Si2. The van der Waals surface area contributed by atoms with Gasteiger partial charge in [0.15, 0.2) is 0 Å². The van der Waals surface area contributed by atoms with Gasteiger partial charge in [0.25, 0.3) is 5.56 Å². The first-order valence-electron chi connectivity index (χ1n) is 11.8. The molecule has 0 aliphatic carbocycles. The van der Waals surface area contributed by atoms with Gasteiger partial charge < -0.3 is 17.7 Å². The van der Waals surface area contributed by atoms with Crippen LogP contribution in [-0.2, 0) is 17.7 Å². The number of hydrogen-bond donors (Lipinski definition) is 1. The van der Waals surface area contributed by atoms with Crippen LogP contribution in [-0.4, -0.2) is 45.5 Å². The highest BCUT2D eigenvalue weighted by Crippen LogP contribution is 2.48. The highest BCUT2D eigenvalue weighted by Gasteiger charge is 2.60. The second kappa shape index (κ2) is 9.30. The van der Waals surface area contributed by atoms with Crippen LogP contribution < -0.4 is 11.2 Å². The van der Waals surface area contributed by atoms with E-state index in [4.69, 9.17) is 17.7 Å². The molecule has 182 valence electrons. The van der Waals surface area contributed by atoms with Gasteiger partial charge in [-0.2, -0.15) is 0 Å². The van der Waals surface area contributed by atoms with E-state index in [-0.39, 0.29) is 39.9 Å². The minimum Gasteiger partial charge on any atom is -0.414 e. The lowest BCUT2D eigenvalue weighted by Gasteiger charge is -2.51. The van der Waals surface area contributed by atoms with Gasteiger partial charge in [-0.25, -0.2) is 4.79 Å². The van der Waals surface area contributed by atoms with E-state index in [0.29, 0.717) is 18.6 Å². The van der Waals surface area contributed by atoms with Crippen molar-refractivity contribution in [2.75, 3.05) is 6.61 Å². The molecule has 0 bridgehead atoms. The van der Waals surface area contributed by atoms with Crippen molar-refractivity contribution < 1.29 is 17.7 Å². The van der Waals surface area contributed by atoms with E-state index in [9.17, 15) is 9.59 Å². The first-order chi connectivity index (χ1) is 14.8. The molecule has 1 aromatic rings. The fourth-order valence-corrected chi connectivity index (χ4v) is 16.3. The normalized spacial score (nSPS) is 27.7. The Balaban J connectivity index is 2.04. The van der Waals surface area contributed by atoms with Crippen molar-refractivity contribution in [1.29, 1.82) is 0 Å². The Bertz CT molecular complexity index is 910. The van der Waals surface area contributed by atoms with E-state index < -0.39 is 29.0 Å². The van der Waals surface area contributed by atoms with Gasteiger partial charge in [0, 0.05) is 18.2 Å². The number of rotatable bonds is 5. The number of aromatic amines is 1. The largest absolute Gasteiger partial charge is 0.414 e. The lowest BCUT2D eigenvalue weighted by molar-refractivity contribution is -0.0566. The summed E-state index contributed by atoms with van der Waals surface area (Å²) in [7, 11) is -5.35. The molecule has 0 amide bonds. The van der Waals surface area contributed by atoms with Gasteiger partial charge in [-0.3, -0.25) is 14.3 Å². The Morgan fingerprint density at radius 3 is 2.03 bits per heavy atom. The van der Waals surface area contributed by atoms with Crippen LogP contribution in [0.4, 0.5) is 0 Å². The smallest absolute Gasteiger partial charge is 0.335 e. The van der Waals surface area contributed by atoms with Crippen LogP contribution in [0.3, 0.4) is 0 Å². The predicted molar refractivity (Wildman–Crippen MR) is 128 cm³/mol. The third-order valence-electron chi connectivity index (χ3n) is 6.98. The summed E-state index contributed by atoms with van der Waals surface area (Å²) in [5.74, 6) is 0. The number of aromatic nitrogens is 2. The fourth-order valence-electron chi connectivity index (χ4n) is 5.11. The van der Waals surface area contributed by atoms with E-state index in [1.807, 2.05) is 0 Å². The molecule has 2 aliphatic heterocycles. The lowest BCUT2D eigenvalue weighted by Crippen LogP contribution is -2.65. The Labute approximate surface area is 193 Å². The van der Waals surface area contributed by atoms with Crippen molar-refractivity contribution in [2.24, 2.45) is 0 Å². The molecule has 3 atom stereocenters. The van der Waals surface area contributed by atoms with E-state index in [0.717, 1.165) is 0 Å². The van der Waals surface area contributed by atoms with Crippen molar-refractivity contribution in [2.45, 2.75) is 109 Å². The Morgan fingerprint density at radius 2 is 1.50 bits per heavy atom. The number of H-pyrrole nitrogens is 1. The Morgan fingerprint density at radius 1 is 0.938 bits per heavy atom. The second-order valence-corrected chi connectivity index (χ2v) is 19.3. The average Bonchev–Trinajstić information content (AvgIpc) is 3.05. The predicted octanol–water partition coefficient (Wildman–Crippen LogP) is 4.09. The van der Waals surface area contributed by atoms with Crippen molar-refractivity contribution in [3.63, 3.8) is 0 Å². The zero-order valence-corrected chi connectivity index (χ0v) is 22.9. The van der Waals surface area contributed by atoms with Crippen molar-refractivity contribution in [3.8, 4) is 0 Å². The summed E-state index contributed by atoms with van der Waals surface area (Å²) in [6, 6.07) is 0. The van der Waals surface area contributed by atoms with Crippen LogP contribution in [0.2, 0.25) is 22.2 Å². The van der Waals surface area contributed by atoms with Gasteiger partial charge in [0.05, 0.1) is 12.7 Å². The fraction of sp³-hybridized carbons (Fsp3) is 0.818. The number of hydrogen-bond acceptors (Lipinski definition) is 6. The van der Waals surface area contributed by atoms with Crippen LogP contribution in [0, 0.1) is 6.92 Å². The molecule has 0 radical (unpaired) electrons. The first-order valence-corrected chi connectivity index (χ1v) is 15.8. The molecule has 32 heavy (non-hydrogen) atoms. The van der Waals surface area contributed by atoms with E-state index in [1.165, 1.54) is 4.57 Å². The zero-order valence-electron chi connectivity index (χ0n) is 20.9. The van der Waals surface area contributed by atoms with Gasteiger partial charge in [0.1, 0.15) is 12.3 Å². The number of nitrogens with one attached hydrogen (secondary N) is 1. The molecule has 2 saturated heterocycles. The maximum absolute atomic E-state index is 12.5. The number of aryl methyl sites for hydroxylation is 1. The van der Waals surface area contributed by atoms with Crippen molar-refractivity contribution in [1.82, 2.24) is 9.55 Å². The van der Waals surface area contributed by atoms with Gasteiger partial charge in [-0.05, 0) is 29.1 Å². The first kappa shape index (κ1) is 25.6. The third kappa shape index (κ3) is 4.37. The Kier molecular flexibility index (Phi) is 7.44. The molecular weight excluding hydrogens is 444 g/mol. The number of fused-ring (bicyclic) bond motifs is 1. The van der Waals surface area contributed by atoms with E-state index in [2.05, 4.69) is 60.4 Å². The molecule has 3 heterocycles. The Hall–Kier alpha value is -1.05. The summed E-state index contributed by atoms with van der Waals surface area (Å²) < 4.78 is 28.7. The monoisotopic (exact) mass is 484 g/mol. The highest BCUT2D eigenvalue weighted by molar-refractivity contribution is 6.83. The molecule has 2 fully saturated rings. The van der Waals surface area contributed by atoms with Crippen LogP contribution in [0.25, 0.3) is 0 Å². The molecule has 3 rings (SSSR count). The standard InChI is InChI=1S/C22H40N2O6Si2/c1-13(2)31(14(3)4)27-12-19-18(29-32(30-31,15(5)6)16(7)8)10-20(28-19)24-11-17(9)21(25)23-22(24)26/h11,13-16,18-20H,10,12H2,1-9H3,(H,23,25,26)/t18-,19+,20+/m1/s1. The summed E-state index contributed by atoms with van der Waals surface area (Å²) in [6.45, 7) is 19.5. The maximum atomic E-state index is 12.5. The SMILES string of the molecule is Cc1cn([C@@H]2C[C@H]3O[Si](C(C)C)(C(C)C)O[Si](C(C)C)(C(C)C)OC[C@@H]3O2)c(=O)[nH]c1=O. The quantitative estimate of drug-likeness (QED) is 0.633. The van der Waals surface area contributed by atoms with E-state index >= 15 is 0 Å². The summed E-state index contributed by atoms with van der Waals surface area (Å²) in [6.07, 6.45) is 1.03. The zero-order chi connectivity index (χ0) is 24.0. The molecule has 0 unspecified atom stereocenters. The topological polar surface area (TPSA) is 91.8 Å².